The van der Waals surface area contributed by atoms with Crippen LogP contribution in [0.4, 0.5) is 0 Å². The molecule has 0 saturated carbocycles. The molecule has 6 nitrogen and oxygen atoms in total. The Balaban J connectivity index is 1.61. The molecule has 3 rings (SSSR count). The van der Waals surface area contributed by atoms with Gasteiger partial charge in [-0.25, -0.2) is 9.78 Å². The molecular formula is C18H14N2O4S. The second-order valence-corrected chi connectivity index (χ2v) is 5.91. The summed E-state index contributed by atoms with van der Waals surface area (Å²) in [5.41, 5.74) is 1.94. The average Bonchev–Trinajstić information content (AvgIpc) is 3.10. The molecule has 0 N–H and O–H groups in total. The number of hydrogen-bond donors (Lipinski definition) is 0. The van der Waals surface area contributed by atoms with Gasteiger partial charge in [0.25, 0.3) is 0 Å². The predicted octanol–water partition coefficient (Wildman–Crippen LogP) is 3.14. The summed E-state index contributed by atoms with van der Waals surface area (Å²) in [6.45, 7) is 0. The first-order chi connectivity index (χ1) is 12.2. The number of esters is 2. The van der Waals surface area contributed by atoms with Gasteiger partial charge in [0.1, 0.15) is 10.8 Å². The molecule has 0 amide bonds. The molecule has 1 aromatic carbocycles. The molecule has 126 valence electrons. The first-order valence-electron chi connectivity index (χ1n) is 7.39. The molecule has 2 heterocycles. The predicted molar refractivity (Wildman–Crippen MR) is 92.5 cm³/mol. The van der Waals surface area contributed by atoms with E-state index < -0.39 is 11.9 Å². The van der Waals surface area contributed by atoms with Crippen LogP contribution >= 0.6 is 11.3 Å². The maximum atomic E-state index is 12.0. The fourth-order valence-corrected chi connectivity index (χ4v) is 2.91. The Labute approximate surface area is 148 Å². The molecule has 0 bridgehead atoms. The fourth-order valence-electron chi connectivity index (χ4n) is 2.10. The maximum Gasteiger partial charge on any atom is 0.337 e. The number of thiazole rings is 1. The SMILES string of the molecule is COC(=O)c1ccc(OC(=O)Cc2csc(-c3cccnc3)n2)cc1. The largest absolute Gasteiger partial charge is 0.465 e. The van der Waals surface area contributed by atoms with Crippen LogP contribution in [0.15, 0.2) is 54.2 Å². The van der Waals surface area contributed by atoms with Crippen LogP contribution in [0.2, 0.25) is 0 Å². The monoisotopic (exact) mass is 354 g/mol. The number of aromatic nitrogens is 2. The van der Waals surface area contributed by atoms with Crippen LogP contribution in [0, 0.1) is 0 Å². The van der Waals surface area contributed by atoms with Crippen molar-refractivity contribution >= 4 is 23.3 Å². The van der Waals surface area contributed by atoms with Crippen molar-refractivity contribution < 1.29 is 19.1 Å². The minimum Gasteiger partial charge on any atom is -0.465 e. The van der Waals surface area contributed by atoms with Crippen LogP contribution in [0.5, 0.6) is 5.75 Å². The van der Waals surface area contributed by atoms with Crippen LogP contribution in [0.25, 0.3) is 10.6 Å². The van der Waals surface area contributed by atoms with E-state index in [0.29, 0.717) is 17.0 Å². The van der Waals surface area contributed by atoms with Crippen molar-refractivity contribution in [1.82, 2.24) is 9.97 Å². The van der Waals surface area contributed by atoms with Gasteiger partial charge in [0, 0.05) is 23.3 Å². The number of carbonyl (C=O) groups is 2. The van der Waals surface area contributed by atoms with Gasteiger partial charge >= 0.3 is 11.9 Å². The normalized spacial score (nSPS) is 10.3. The lowest BCUT2D eigenvalue weighted by Crippen LogP contribution is -2.11. The van der Waals surface area contributed by atoms with E-state index in [-0.39, 0.29) is 6.42 Å². The highest BCUT2D eigenvalue weighted by molar-refractivity contribution is 7.13. The second-order valence-electron chi connectivity index (χ2n) is 5.05. The lowest BCUT2D eigenvalue weighted by atomic mass is 10.2. The van der Waals surface area contributed by atoms with Crippen molar-refractivity contribution in [2.75, 3.05) is 7.11 Å². The Morgan fingerprint density at radius 1 is 1.16 bits per heavy atom. The van der Waals surface area contributed by atoms with Crippen molar-refractivity contribution in [3.8, 4) is 16.3 Å². The average molecular weight is 354 g/mol. The van der Waals surface area contributed by atoms with E-state index in [1.807, 2.05) is 17.5 Å². The highest BCUT2D eigenvalue weighted by Gasteiger charge is 2.12. The third-order valence-corrected chi connectivity index (χ3v) is 4.23. The van der Waals surface area contributed by atoms with Gasteiger partial charge in [-0.15, -0.1) is 11.3 Å². The van der Waals surface area contributed by atoms with Gasteiger partial charge < -0.3 is 9.47 Å². The molecule has 0 aliphatic heterocycles. The summed E-state index contributed by atoms with van der Waals surface area (Å²) < 4.78 is 9.88. The molecule has 0 aliphatic carbocycles. The van der Waals surface area contributed by atoms with E-state index in [4.69, 9.17) is 4.74 Å². The van der Waals surface area contributed by atoms with E-state index in [1.165, 1.54) is 30.6 Å². The lowest BCUT2D eigenvalue weighted by molar-refractivity contribution is -0.133. The van der Waals surface area contributed by atoms with E-state index in [9.17, 15) is 9.59 Å². The molecule has 0 aliphatic rings. The van der Waals surface area contributed by atoms with E-state index in [0.717, 1.165) is 10.6 Å². The summed E-state index contributed by atoms with van der Waals surface area (Å²) in [5.74, 6) is -0.502. The molecule has 7 heteroatoms. The van der Waals surface area contributed by atoms with Crippen LogP contribution < -0.4 is 4.74 Å². The second kappa shape index (κ2) is 7.67. The highest BCUT2D eigenvalue weighted by Crippen LogP contribution is 2.23. The highest BCUT2D eigenvalue weighted by atomic mass is 32.1. The van der Waals surface area contributed by atoms with Crippen molar-refractivity contribution in [1.29, 1.82) is 0 Å². The Bertz CT molecular complexity index is 876. The zero-order valence-electron chi connectivity index (χ0n) is 13.3. The van der Waals surface area contributed by atoms with Crippen LogP contribution in [-0.2, 0) is 16.0 Å². The number of ether oxygens (including phenoxy) is 2. The molecule has 0 unspecified atom stereocenters. The smallest absolute Gasteiger partial charge is 0.337 e. The van der Waals surface area contributed by atoms with Crippen LogP contribution in [0.3, 0.4) is 0 Å². The van der Waals surface area contributed by atoms with Gasteiger partial charge in [0.2, 0.25) is 0 Å². The van der Waals surface area contributed by atoms with E-state index >= 15 is 0 Å². The number of rotatable bonds is 5. The third-order valence-electron chi connectivity index (χ3n) is 3.29. The fraction of sp³-hybridized carbons (Fsp3) is 0.111. The van der Waals surface area contributed by atoms with Crippen LogP contribution in [0.1, 0.15) is 16.1 Å². The third kappa shape index (κ3) is 4.27. The lowest BCUT2D eigenvalue weighted by Gasteiger charge is -2.04. The minimum absolute atomic E-state index is 0.0650. The summed E-state index contributed by atoms with van der Waals surface area (Å²) in [6.07, 6.45) is 3.49. The number of hydrogen-bond acceptors (Lipinski definition) is 7. The van der Waals surface area contributed by atoms with Gasteiger partial charge in [0.05, 0.1) is 24.8 Å². The summed E-state index contributed by atoms with van der Waals surface area (Å²) >= 11 is 1.45. The van der Waals surface area contributed by atoms with E-state index in [2.05, 4.69) is 14.7 Å². The van der Waals surface area contributed by atoms with Crippen LogP contribution in [-0.4, -0.2) is 29.0 Å². The first-order valence-corrected chi connectivity index (χ1v) is 8.27. The first kappa shape index (κ1) is 16.8. The number of methoxy groups -OCH3 is 1. The number of carbonyl (C=O) groups excluding carboxylic acids is 2. The Morgan fingerprint density at radius 3 is 2.64 bits per heavy atom. The van der Waals surface area contributed by atoms with Gasteiger partial charge in [-0.2, -0.15) is 0 Å². The van der Waals surface area contributed by atoms with Crippen molar-refractivity contribution in [3.63, 3.8) is 0 Å². The number of benzene rings is 1. The van der Waals surface area contributed by atoms with Gasteiger partial charge in [-0.3, -0.25) is 9.78 Å². The number of pyridine rings is 1. The van der Waals surface area contributed by atoms with E-state index in [1.54, 1.807) is 24.5 Å². The van der Waals surface area contributed by atoms with Crippen molar-refractivity contribution in [2.45, 2.75) is 6.42 Å². The molecular weight excluding hydrogens is 340 g/mol. The summed E-state index contributed by atoms with van der Waals surface area (Å²) in [4.78, 5) is 31.9. The number of nitrogens with zero attached hydrogens (tertiary/aromatic N) is 2. The van der Waals surface area contributed by atoms with Gasteiger partial charge in [-0.05, 0) is 36.4 Å². The topological polar surface area (TPSA) is 78.4 Å². The Hall–Kier alpha value is -3.06. The molecule has 0 saturated heterocycles. The van der Waals surface area contributed by atoms with Gasteiger partial charge in [-0.1, -0.05) is 0 Å². The molecule has 0 atom stereocenters. The minimum atomic E-state index is -0.441. The summed E-state index contributed by atoms with van der Waals surface area (Å²) in [7, 11) is 1.31. The molecule has 2 aromatic heterocycles. The molecule has 25 heavy (non-hydrogen) atoms. The maximum absolute atomic E-state index is 12.0. The van der Waals surface area contributed by atoms with Gasteiger partial charge in [0.15, 0.2) is 0 Å². The Morgan fingerprint density at radius 2 is 1.96 bits per heavy atom. The molecule has 0 fully saturated rings. The zero-order chi connectivity index (χ0) is 17.6. The zero-order valence-corrected chi connectivity index (χ0v) is 14.2. The standard InChI is InChI=1S/C18H14N2O4S/c1-23-18(22)12-4-6-15(7-5-12)24-16(21)9-14-11-25-17(20-14)13-3-2-8-19-10-13/h2-8,10-11H,9H2,1H3. The van der Waals surface area contributed by atoms with Crippen molar-refractivity contribution in [3.05, 3.63) is 65.4 Å². The summed E-state index contributed by atoms with van der Waals surface area (Å²) in [6, 6.07) is 9.92. The molecule has 0 radical (unpaired) electrons. The van der Waals surface area contributed by atoms with Crippen molar-refractivity contribution in [2.24, 2.45) is 0 Å². The Kier molecular flexibility index (Phi) is 5.15. The molecule has 0 spiro atoms. The quantitative estimate of drug-likeness (QED) is 0.517. The molecule has 3 aromatic rings. The summed E-state index contributed by atoms with van der Waals surface area (Å²) in [5, 5.41) is 2.63.